The second-order valence-electron chi connectivity index (χ2n) is 6.98. The first-order valence-electron chi connectivity index (χ1n) is 9.15. The van der Waals surface area contributed by atoms with Crippen LogP contribution in [-0.2, 0) is 4.74 Å². The number of ether oxygens (including phenoxy) is 1. The maximum Gasteiger partial charge on any atom is 0.414 e. The van der Waals surface area contributed by atoms with Crippen molar-refractivity contribution in [3.63, 3.8) is 0 Å². The summed E-state index contributed by atoms with van der Waals surface area (Å²) in [6, 6.07) is 7.76. The van der Waals surface area contributed by atoms with E-state index in [0.29, 0.717) is 11.6 Å². The molecule has 3 N–H and O–H groups in total. The summed E-state index contributed by atoms with van der Waals surface area (Å²) in [7, 11) is 0.157. The van der Waals surface area contributed by atoms with Gasteiger partial charge in [0, 0.05) is 17.2 Å². The molecule has 1 amide bonds. The van der Waals surface area contributed by atoms with Crippen LogP contribution in [0, 0.1) is 0 Å². The van der Waals surface area contributed by atoms with E-state index in [9.17, 15) is 18.1 Å². The molecule has 2 aliphatic rings. The van der Waals surface area contributed by atoms with Crippen molar-refractivity contribution in [1.29, 1.82) is 0 Å². The van der Waals surface area contributed by atoms with Crippen molar-refractivity contribution in [3.05, 3.63) is 29.8 Å². The van der Waals surface area contributed by atoms with Crippen molar-refractivity contribution >= 4 is 39.5 Å². The molecule has 1 aromatic carbocycles. The molecule has 1 aromatic rings. The van der Waals surface area contributed by atoms with Gasteiger partial charge >= 0.3 is 6.09 Å². The van der Waals surface area contributed by atoms with E-state index < -0.39 is 34.1 Å². The second kappa shape index (κ2) is 8.89. The summed E-state index contributed by atoms with van der Waals surface area (Å²) in [5.74, 6) is 1.96. The summed E-state index contributed by atoms with van der Waals surface area (Å²) in [5, 5.41) is 2.43. The Kier molecular flexibility index (Phi) is 6.74. The number of amides is 1. The van der Waals surface area contributed by atoms with Crippen LogP contribution in [0.4, 0.5) is 19.3 Å². The fourth-order valence-corrected chi connectivity index (χ4v) is 5.56. The fourth-order valence-electron chi connectivity index (χ4n) is 3.51. The smallest absolute Gasteiger partial charge is 0.414 e. The van der Waals surface area contributed by atoms with Gasteiger partial charge in [-0.2, -0.15) is 0 Å². The summed E-state index contributed by atoms with van der Waals surface area (Å²) in [6.07, 6.45) is -1.90. The molecule has 6 nitrogen and oxygen atoms in total. The maximum atomic E-state index is 12.4. The lowest BCUT2D eigenvalue weighted by Crippen LogP contribution is -2.36. The molecule has 28 heavy (non-hydrogen) atoms. The van der Waals surface area contributed by atoms with Crippen LogP contribution in [-0.4, -0.2) is 59.8 Å². The van der Waals surface area contributed by atoms with Crippen molar-refractivity contribution < 1.29 is 22.9 Å². The minimum atomic E-state index is -2.72. The van der Waals surface area contributed by atoms with Crippen molar-refractivity contribution in [2.45, 2.75) is 31.3 Å². The number of rotatable bonds is 6. The largest absolute Gasteiger partial charge is 0.442 e. The predicted octanol–water partition coefficient (Wildman–Crippen LogP) is 3.48. The molecular formula is C18H25F2N3O3S2. The molecular weight excluding hydrogens is 408 g/mol. The molecule has 2 aliphatic heterocycles. The third kappa shape index (κ3) is 4.91. The lowest BCUT2D eigenvalue weighted by Gasteiger charge is -2.40. The van der Waals surface area contributed by atoms with E-state index in [2.05, 4.69) is 22.3 Å². The zero-order valence-corrected chi connectivity index (χ0v) is 17.2. The predicted molar refractivity (Wildman–Crippen MR) is 112 cm³/mol. The topological polar surface area (TPSA) is 73.8 Å². The summed E-state index contributed by atoms with van der Waals surface area (Å²) in [4.78, 5) is 13.1. The van der Waals surface area contributed by atoms with Crippen LogP contribution < -0.4 is 14.9 Å². The third-order valence-corrected chi connectivity index (χ3v) is 8.14. The molecule has 10 heteroatoms. The third-order valence-electron chi connectivity index (χ3n) is 5.24. The monoisotopic (exact) mass is 433 g/mol. The number of benzene rings is 1. The maximum absolute atomic E-state index is 12.4. The average molecular weight is 434 g/mol. The van der Waals surface area contributed by atoms with E-state index in [-0.39, 0.29) is 13.1 Å². The normalized spacial score (nSPS) is 30.0. The zero-order valence-electron chi connectivity index (χ0n) is 15.6. The van der Waals surface area contributed by atoms with Crippen molar-refractivity contribution in [3.8, 4) is 0 Å². The standard InChI is InChI=1S/C18H25F2N3O3S2/c1-21-28(25)8-6-13(7-9-28)12-2-4-14(5-3-12)23-11-15(26-18(23)24)10-22-17(27)16(19)20/h2-5,13,15-16,21,25H,6-11H2,1H3,(H,22,27)/t15-/m0/s1. The lowest BCUT2D eigenvalue weighted by molar-refractivity contribution is 0.142. The Morgan fingerprint density at radius 1 is 1.36 bits per heavy atom. The van der Waals surface area contributed by atoms with Crippen LogP contribution in [0.1, 0.15) is 24.3 Å². The molecule has 2 heterocycles. The van der Waals surface area contributed by atoms with Gasteiger partial charge in [0.2, 0.25) is 0 Å². The molecule has 3 rings (SSSR count). The number of anilines is 1. The van der Waals surface area contributed by atoms with Crippen LogP contribution in [0.3, 0.4) is 0 Å². The first kappa shape index (κ1) is 21.2. The number of nitrogens with zero attached hydrogens (tertiary/aromatic N) is 1. The van der Waals surface area contributed by atoms with Gasteiger partial charge in [-0.25, -0.2) is 13.6 Å². The number of hydrogen-bond donors (Lipinski definition) is 3. The Morgan fingerprint density at radius 2 is 2.00 bits per heavy atom. The van der Waals surface area contributed by atoms with Gasteiger partial charge in [-0.1, -0.05) is 34.8 Å². The number of alkyl halides is 2. The van der Waals surface area contributed by atoms with Crippen molar-refractivity contribution in [1.82, 2.24) is 10.0 Å². The highest BCUT2D eigenvalue weighted by molar-refractivity contribution is 8.27. The minimum Gasteiger partial charge on any atom is -0.442 e. The fraction of sp³-hybridized carbons (Fsp3) is 0.556. The number of nitrogens with one attached hydrogen (secondary N) is 2. The molecule has 1 atom stereocenters. The molecule has 0 radical (unpaired) electrons. The number of carbonyl (C=O) groups is 1. The lowest BCUT2D eigenvalue weighted by atomic mass is 9.93. The Labute approximate surface area is 170 Å². The van der Waals surface area contributed by atoms with E-state index in [1.54, 1.807) is 0 Å². The number of carbonyl (C=O) groups excluding carboxylic acids is 1. The zero-order chi connectivity index (χ0) is 20.3. The molecule has 0 aliphatic carbocycles. The quantitative estimate of drug-likeness (QED) is 0.597. The van der Waals surface area contributed by atoms with Gasteiger partial charge in [0.1, 0.15) is 11.1 Å². The average Bonchev–Trinajstić information content (AvgIpc) is 3.07. The first-order valence-corrected chi connectivity index (χ1v) is 11.5. The Bertz CT molecular complexity index is 713. The van der Waals surface area contributed by atoms with Crippen LogP contribution in [0.25, 0.3) is 0 Å². The van der Waals surface area contributed by atoms with Gasteiger partial charge in [-0.05, 0) is 43.5 Å². The summed E-state index contributed by atoms with van der Waals surface area (Å²) in [5.41, 5.74) is 1.90. The Balaban J connectivity index is 1.56. The van der Waals surface area contributed by atoms with E-state index in [4.69, 9.17) is 4.74 Å². The molecule has 0 saturated carbocycles. The van der Waals surface area contributed by atoms with Crippen LogP contribution in [0.2, 0.25) is 0 Å². The van der Waals surface area contributed by atoms with E-state index >= 15 is 0 Å². The first-order chi connectivity index (χ1) is 13.3. The molecule has 0 bridgehead atoms. The van der Waals surface area contributed by atoms with Crippen LogP contribution in [0.15, 0.2) is 24.3 Å². The minimum absolute atomic E-state index is 0.0578. The van der Waals surface area contributed by atoms with Crippen molar-refractivity contribution in [2.75, 3.05) is 36.5 Å². The molecule has 2 saturated heterocycles. The summed E-state index contributed by atoms with van der Waals surface area (Å²) in [6.45, 7) is 0.335. The Morgan fingerprint density at radius 3 is 2.57 bits per heavy atom. The number of thiocarbonyl (C=S) groups is 1. The SMILES string of the molecule is CNS1(O)CCC(c2ccc(N3C[C@H](CNC(=S)C(F)F)OC3=O)cc2)CC1. The van der Waals surface area contributed by atoms with E-state index in [1.165, 1.54) is 10.5 Å². The van der Waals surface area contributed by atoms with Gasteiger partial charge in [-0.15, -0.1) is 0 Å². The van der Waals surface area contributed by atoms with Crippen LogP contribution >= 0.6 is 22.7 Å². The Hall–Kier alpha value is -1.49. The van der Waals surface area contributed by atoms with E-state index in [1.807, 2.05) is 31.3 Å². The molecule has 156 valence electrons. The van der Waals surface area contributed by atoms with Gasteiger partial charge < -0.3 is 14.6 Å². The van der Waals surface area contributed by atoms with Crippen molar-refractivity contribution in [2.24, 2.45) is 0 Å². The molecule has 0 aromatic heterocycles. The number of cyclic esters (lactones) is 1. The highest BCUT2D eigenvalue weighted by Crippen LogP contribution is 2.48. The highest BCUT2D eigenvalue weighted by atomic mass is 32.3. The molecule has 0 spiro atoms. The van der Waals surface area contributed by atoms with Gasteiger partial charge in [0.15, 0.2) is 0 Å². The number of hydrogen-bond acceptors (Lipinski definition) is 5. The van der Waals surface area contributed by atoms with E-state index in [0.717, 1.165) is 24.3 Å². The number of halogens is 2. The van der Waals surface area contributed by atoms with Crippen LogP contribution in [0.5, 0.6) is 0 Å². The molecule has 0 unspecified atom stereocenters. The molecule has 2 fully saturated rings. The van der Waals surface area contributed by atoms with Gasteiger partial charge in [0.05, 0.1) is 13.1 Å². The summed E-state index contributed by atoms with van der Waals surface area (Å²) < 4.78 is 43.5. The second-order valence-corrected chi connectivity index (χ2v) is 10.3. The highest BCUT2D eigenvalue weighted by Gasteiger charge is 2.33. The van der Waals surface area contributed by atoms with Gasteiger partial charge in [0.25, 0.3) is 6.43 Å². The summed E-state index contributed by atoms with van der Waals surface area (Å²) >= 11 is 4.53. The van der Waals surface area contributed by atoms with Gasteiger partial charge in [-0.3, -0.25) is 9.62 Å².